The zero-order valence-electron chi connectivity index (χ0n) is 8.91. The topological polar surface area (TPSA) is 29.0 Å². The standard InChI is InChI=1S/C10H11F4N3/c11-7-2-1-3-17(5-7)9-4-8(10(12,13)14)15-6-16-9/h4,6-7H,1-3,5H2. The fraction of sp³-hybridized carbons (Fsp3) is 0.600. The lowest BCUT2D eigenvalue weighted by atomic mass is 10.1. The van der Waals surface area contributed by atoms with Crippen molar-refractivity contribution >= 4 is 5.82 Å². The van der Waals surface area contributed by atoms with E-state index in [0.717, 1.165) is 12.4 Å². The van der Waals surface area contributed by atoms with Gasteiger partial charge in [-0.3, -0.25) is 0 Å². The van der Waals surface area contributed by atoms with Gasteiger partial charge in [0, 0.05) is 12.6 Å². The Morgan fingerprint density at radius 2 is 2.06 bits per heavy atom. The molecule has 94 valence electrons. The molecule has 7 heteroatoms. The third-order valence-electron chi connectivity index (χ3n) is 2.63. The van der Waals surface area contributed by atoms with Crippen LogP contribution in [0.4, 0.5) is 23.4 Å². The molecule has 0 aliphatic carbocycles. The Hall–Kier alpha value is -1.40. The van der Waals surface area contributed by atoms with Gasteiger partial charge in [-0.25, -0.2) is 14.4 Å². The third-order valence-corrected chi connectivity index (χ3v) is 2.63. The highest BCUT2D eigenvalue weighted by Crippen LogP contribution is 2.29. The van der Waals surface area contributed by atoms with Gasteiger partial charge in [-0.05, 0) is 12.8 Å². The summed E-state index contributed by atoms with van der Waals surface area (Å²) >= 11 is 0. The van der Waals surface area contributed by atoms with Crippen LogP contribution in [0.15, 0.2) is 12.4 Å². The van der Waals surface area contributed by atoms with Crippen molar-refractivity contribution in [3.05, 3.63) is 18.1 Å². The van der Waals surface area contributed by atoms with Gasteiger partial charge in [-0.15, -0.1) is 0 Å². The van der Waals surface area contributed by atoms with Gasteiger partial charge in [0.1, 0.15) is 24.0 Å². The van der Waals surface area contributed by atoms with Crippen LogP contribution in [-0.4, -0.2) is 29.2 Å². The van der Waals surface area contributed by atoms with E-state index >= 15 is 0 Å². The van der Waals surface area contributed by atoms with Crippen LogP contribution in [0.25, 0.3) is 0 Å². The smallest absolute Gasteiger partial charge is 0.354 e. The molecule has 0 saturated carbocycles. The van der Waals surface area contributed by atoms with Crippen LogP contribution < -0.4 is 4.90 Å². The van der Waals surface area contributed by atoms with E-state index in [1.165, 1.54) is 4.90 Å². The second-order valence-electron chi connectivity index (χ2n) is 3.94. The first kappa shape index (κ1) is 12.1. The van der Waals surface area contributed by atoms with Crippen LogP contribution in [0.1, 0.15) is 18.5 Å². The second kappa shape index (κ2) is 4.46. The van der Waals surface area contributed by atoms with E-state index < -0.39 is 18.0 Å². The first-order chi connectivity index (χ1) is 7.97. The summed E-state index contributed by atoms with van der Waals surface area (Å²) in [6, 6.07) is 0.859. The summed E-state index contributed by atoms with van der Waals surface area (Å²) in [4.78, 5) is 8.45. The van der Waals surface area contributed by atoms with Crippen molar-refractivity contribution < 1.29 is 17.6 Å². The maximum atomic E-state index is 13.1. The van der Waals surface area contributed by atoms with Crippen molar-refractivity contribution in [1.29, 1.82) is 0 Å². The van der Waals surface area contributed by atoms with Crippen LogP contribution in [0.5, 0.6) is 0 Å². The maximum absolute atomic E-state index is 13.1. The lowest BCUT2D eigenvalue weighted by Gasteiger charge is -2.30. The SMILES string of the molecule is FC1CCCN(c2cc(C(F)(F)F)ncn2)C1. The van der Waals surface area contributed by atoms with E-state index in [0.29, 0.717) is 19.4 Å². The Kier molecular flexibility index (Phi) is 3.17. The number of nitrogens with zero attached hydrogens (tertiary/aromatic N) is 3. The number of anilines is 1. The Bertz CT molecular complexity index is 393. The van der Waals surface area contributed by atoms with Gasteiger partial charge in [-0.2, -0.15) is 13.2 Å². The first-order valence-corrected chi connectivity index (χ1v) is 5.25. The molecule has 0 radical (unpaired) electrons. The Morgan fingerprint density at radius 3 is 2.71 bits per heavy atom. The van der Waals surface area contributed by atoms with Crippen LogP contribution in [-0.2, 0) is 6.18 Å². The lowest BCUT2D eigenvalue weighted by molar-refractivity contribution is -0.141. The molecule has 3 nitrogen and oxygen atoms in total. The monoisotopic (exact) mass is 249 g/mol. The highest BCUT2D eigenvalue weighted by atomic mass is 19.4. The minimum Gasteiger partial charge on any atom is -0.354 e. The summed E-state index contributed by atoms with van der Waals surface area (Å²) in [7, 11) is 0. The number of hydrogen-bond acceptors (Lipinski definition) is 3. The van der Waals surface area contributed by atoms with Crippen molar-refractivity contribution in [2.75, 3.05) is 18.0 Å². The fourth-order valence-corrected chi connectivity index (χ4v) is 1.81. The van der Waals surface area contributed by atoms with Gasteiger partial charge in [0.15, 0.2) is 0 Å². The summed E-state index contributed by atoms with van der Waals surface area (Å²) < 4.78 is 50.4. The van der Waals surface area contributed by atoms with Crippen molar-refractivity contribution in [1.82, 2.24) is 9.97 Å². The Balaban J connectivity index is 2.21. The molecule has 0 N–H and O–H groups in total. The summed E-state index contributed by atoms with van der Waals surface area (Å²) in [5, 5.41) is 0. The molecule has 1 aromatic rings. The lowest BCUT2D eigenvalue weighted by Crippen LogP contribution is -2.37. The molecule has 0 amide bonds. The Morgan fingerprint density at radius 1 is 1.29 bits per heavy atom. The molecule has 1 atom stereocenters. The normalized spacial score (nSPS) is 21.6. The highest BCUT2D eigenvalue weighted by Gasteiger charge is 2.33. The minimum atomic E-state index is -4.50. The van der Waals surface area contributed by atoms with Gasteiger partial charge in [0.2, 0.25) is 0 Å². The molecule has 17 heavy (non-hydrogen) atoms. The van der Waals surface area contributed by atoms with Crippen molar-refractivity contribution in [3.8, 4) is 0 Å². The molecular formula is C10H11F4N3. The average Bonchev–Trinajstić information content (AvgIpc) is 2.28. The number of rotatable bonds is 1. The number of piperidine rings is 1. The predicted molar refractivity (Wildman–Crippen MR) is 53.4 cm³/mol. The zero-order valence-corrected chi connectivity index (χ0v) is 8.91. The van der Waals surface area contributed by atoms with E-state index in [-0.39, 0.29) is 12.4 Å². The van der Waals surface area contributed by atoms with E-state index in [1.807, 2.05) is 0 Å². The van der Waals surface area contributed by atoms with Crippen LogP contribution in [0.2, 0.25) is 0 Å². The first-order valence-electron chi connectivity index (χ1n) is 5.25. The predicted octanol–water partition coefficient (Wildman–Crippen LogP) is 2.43. The summed E-state index contributed by atoms with van der Waals surface area (Å²) in [6.45, 7) is 0.614. The van der Waals surface area contributed by atoms with Crippen LogP contribution in [0.3, 0.4) is 0 Å². The number of halogens is 4. The largest absolute Gasteiger partial charge is 0.433 e. The number of aromatic nitrogens is 2. The quantitative estimate of drug-likeness (QED) is 0.716. The molecule has 1 aromatic heterocycles. The van der Waals surface area contributed by atoms with E-state index in [9.17, 15) is 17.6 Å². The zero-order chi connectivity index (χ0) is 12.5. The molecule has 0 bridgehead atoms. The average molecular weight is 249 g/mol. The third kappa shape index (κ3) is 2.83. The number of hydrogen-bond donors (Lipinski definition) is 0. The van der Waals surface area contributed by atoms with Gasteiger partial charge >= 0.3 is 6.18 Å². The fourth-order valence-electron chi connectivity index (χ4n) is 1.81. The van der Waals surface area contributed by atoms with Crippen molar-refractivity contribution in [3.63, 3.8) is 0 Å². The summed E-state index contributed by atoms with van der Waals surface area (Å²) in [6.07, 6.45) is -3.57. The summed E-state index contributed by atoms with van der Waals surface area (Å²) in [5.41, 5.74) is -0.997. The molecule has 1 aliphatic heterocycles. The molecule has 0 aromatic carbocycles. The summed E-state index contributed by atoms with van der Waals surface area (Å²) in [5.74, 6) is 0.134. The molecule has 0 spiro atoms. The van der Waals surface area contributed by atoms with E-state index in [1.54, 1.807) is 0 Å². The van der Waals surface area contributed by atoms with Crippen molar-refractivity contribution in [2.24, 2.45) is 0 Å². The van der Waals surface area contributed by atoms with Gasteiger partial charge < -0.3 is 4.90 Å². The molecular weight excluding hydrogens is 238 g/mol. The minimum absolute atomic E-state index is 0.0916. The number of alkyl halides is 4. The van der Waals surface area contributed by atoms with Gasteiger partial charge in [0.25, 0.3) is 0 Å². The Labute approximate surface area is 95.5 Å². The molecule has 2 heterocycles. The molecule has 1 aliphatic rings. The molecule has 1 saturated heterocycles. The molecule has 1 fully saturated rings. The second-order valence-corrected chi connectivity index (χ2v) is 3.94. The van der Waals surface area contributed by atoms with E-state index in [2.05, 4.69) is 9.97 Å². The maximum Gasteiger partial charge on any atom is 0.433 e. The van der Waals surface area contributed by atoms with Gasteiger partial charge in [-0.1, -0.05) is 0 Å². The molecule has 2 rings (SSSR count). The van der Waals surface area contributed by atoms with Gasteiger partial charge in [0.05, 0.1) is 6.54 Å². The van der Waals surface area contributed by atoms with E-state index in [4.69, 9.17) is 0 Å². The molecule has 1 unspecified atom stereocenters. The van der Waals surface area contributed by atoms with Crippen molar-refractivity contribution in [2.45, 2.75) is 25.2 Å². The highest BCUT2D eigenvalue weighted by molar-refractivity contribution is 5.40. The van der Waals surface area contributed by atoms with Crippen LogP contribution in [0, 0.1) is 0 Å². The van der Waals surface area contributed by atoms with Crippen LogP contribution >= 0.6 is 0 Å².